The topological polar surface area (TPSA) is 250 Å². The quantitative estimate of drug-likeness (QED) is 0.0498. The average Bonchev–Trinajstić information content (AvgIpc) is 1.56. The molecule has 0 N–H and O–H groups in total. The highest BCUT2D eigenvalue weighted by atomic mass is 16.7. The number of esters is 6. The molecule has 17 fully saturated rings. The molecule has 22 heteroatoms. The highest BCUT2D eigenvalue weighted by Gasteiger charge is 2.72. The standard InChI is InChI=1S/C27H44O6.C24H38O6.C23H38O4.C22H34O6/c1-4-18-24-21-15-17(26(32-21)25(24)19(5-2)30-18)20(31-23-11-7-10-14-29-23)16-22(28)33-27(6-3)12-8-9-13-27;1-5-16-21-19-12-15(23(29-19)22(21)17(6-2)28-16)18(27-14(4)25)13-20(26)30-24(7-3)10-8-9-11-24;1-5-16-19-18-13-15(21(26-18)20(19)17(6-2)25-16)14(4)22(24)27-23(7-3)11-9-8-10-12-23;1-5-12-14-15(13(6-2)26-12)19-17(16(18(14)27-19)20(23)25-4)21(24)28-22(7-3)10-8-9-11-22/h17-21,23-26H,4-16H2,1-3H3;15-19,21-23H,5-13H2,1-4H3;14-21H,5-13H2,1-4H3;12-19H,5-11H2,1-4H3. The van der Waals surface area contributed by atoms with Crippen molar-refractivity contribution >= 4 is 35.8 Å². The second-order valence-electron chi connectivity index (χ2n) is 39.4. The van der Waals surface area contributed by atoms with Crippen LogP contribution in [-0.2, 0) is 105 Å². The molecule has 8 bridgehead atoms. The third-order valence-corrected chi connectivity index (χ3v) is 33.6. The van der Waals surface area contributed by atoms with Crippen molar-refractivity contribution in [3.05, 3.63) is 0 Å². The molecule has 17 aliphatic rings. The molecule has 0 aromatic carbocycles. The summed E-state index contributed by atoms with van der Waals surface area (Å²) in [6.45, 7) is 30.1. The minimum atomic E-state index is -0.590. The molecule has 4 aliphatic carbocycles. The first kappa shape index (κ1) is 90.7. The average molecular weight is 1660 g/mol. The Hall–Kier alpha value is -3.58. The third kappa shape index (κ3) is 17.9. The van der Waals surface area contributed by atoms with Crippen molar-refractivity contribution in [1.29, 1.82) is 0 Å². The van der Waals surface area contributed by atoms with Crippen molar-refractivity contribution in [2.45, 2.75) is 473 Å². The summed E-state index contributed by atoms with van der Waals surface area (Å²) in [6, 6.07) is 0. The number of fused-ring (bicyclic) bond motifs is 20. The van der Waals surface area contributed by atoms with Crippen LogP contribution in [0.4, 0.5) is 0 Å². The van der Waals surface area contributed by atoms with Gasteiger partial charge in [-0.15, -0.1) is 0 Å². The fraction of sp³-hybridized carbons (Fsp3) is 0.938. The second-order valence-corrected chi connectivity index (χ2v) is 39.4. The number of hydrogen-bond donors (Lipinski definition) is 0. The van der Waals surface area contributed by atoms with Gasteiger partial charge in [0.05, 0.1) is 141 Å². The van der Waals surface area contributed by atoms with Crippen LogP contribution in [-0.4, -0.2) is 188 Å². The Bertz CT molecular complexity index is 3310. The summed E-state index contributed by atoms with van der Waals surface area (Å²) in [7, 11) is 1.38. The molecule has 0 spiro atoms. The lowest BCUT2D eigenvalue weighted by atomic mass is 9.65. The number of rotatable bonds is 29. The molecule has 13 heterocycles. The highest BCUT2D eigenvalue weighted by Crippen LogP contribution is 2.62. The fourth-order valence-corrected chi connectivity index (χ4v) is 27.5. The van der Waals surface area contributed by atoms with Crippen LogP contribution in [0.2, 0.25) is 0 Å². The summed E-state index contributed by atoms with van der Waals surface area (Å²) < 4.78 is 98.9. The Morgan fingerprint density at radius 3 is 1.08 bits per heavy atom. The van der Waals surface area contributed by atoms with Crippen molar-refractivity contribution in [2.75, 3.05) is 13.7 Å². The number of carbonyl (C=O) groups is 6. The van der Waals surface area contributed by atoms with Gasteiger partial charge >= 0.3 is 35.8 Å². The maximum Gasteiger partial charge on any atom is 0.313 e. The molecule has 0 aromatic heterocycles. The molecule has 17 rings (SSSR count). The number of carbonyl (C=O) groups excluding carboxylic acids is 6. The summed E-state index contributed by atoms with van der Waals surface area (Å²) in [5.74, 6) is 0.880. The minimum Gasteiger partial charge on any atom is -0.469 e. The zero-order chi connectivity index (χ0) is 83.7. The van der Waals surface area contributed by atoms with Gasteiger partial charge in [-0.25, -0.2) is 0 Å². The third-order valence-electron chi connectivity index (χ3n) is 33.6. The molecular weight excluding hydrogens is 1510 g/mol. The van der Waals surface area contributed by atoms with Gasteiger partial charge in [0.2, 0.25) is 0 Å². The molecule has 13 aliphatic heterocycles. The molecule has 33 atom stereocenters. The van der Waals surface area contributed by atoms with Crippen LogP contribution in [0.15, 0.2) is 0 Å². The summed E-state index contributed by atoms with van der Waals surface area (Å²) >= 11 is 0. The number of hydrogen-bond acceptors (Lipinski definition) is 22. The van der Waals surface area contributed by atoms with E-state index < -0.39 is 17.9 Å². The highest BCUT2D eigenvalue weighted by molar-refractivity contribution is 5.85. The van der Waals surface area contributed by atoms with Crippen molar-refractivity contribution in [3.63, 3.8) is 0 Å². The van der Waals surface area contributed by atoms with Gasteiger partial charge in [-0.1, -0.05) is 96.4 Å². The number of ether oxygens (including phenoxy) is 16. The monoisotopic (exact) mass is 1660 g/mol. The van der Waals surface area contributed by atoms with Gasteiger partial charge in [0, 0.05) is 78.6 Å². The maximum absolute atomic E-state index is 13.4. The molecule has 0 radical (unpaired) electrons. The van der Waals surface area contributed by atoms with Crippen LogP contribution >= 0.6 is 0 Å². The van der Waals surface area contributed by atoms with Gasteiger partial charge in [-0.3, -0.25) is 28.8 Å². The summed E-state index contributed by atoms with van der Waals surface area (Å²) in [5, 5.41) is 0. The van der Waals surface area contributed by atoms with E-state index in [1.165, 1.54) is 33.3 Å². The van der Waals surface area contributed by atoms with Gasteiger partial charge in [-0.2, -0.15) is 0 Å². The van der Waals surface area contributed by atoms with Crippen molar-refractivity contribution in [2.24, 2.45) is 82.9 Å². The lowest BCUT2D eigenvalue weighted by Crippen LogP contribution is -2.50. The summed E-state index contributed by atoms with van der Waals surface area (Å²) in [6.07, 6.45) is 36.8. The fourth-order valence-electron chi connectivity index (χ4n) is 27.5. The van der Waals surface area contributed by atoms with Crippen LogP contribution in [0.1, 0.15) is 335 Å². The van der Waals surface area contributed by atoms with E-state index in [1.54, 1.807) is 0 Å². The van der Waals surface area contributed by atoms with E-state index in [1.807, 2.05) is 0 Å². The smallest absolute Gasteiger partial charge is 0.313 e. The van der Waals surface area contributed by atoms with Crippen molar-refractivity contribution in [1.82, 2.24) is 0 Å². The van der Waals surface area contributed by atoms with E-state index in [2.05, 4.69) is 90.0 Å². The molecule has 670 valence electrons. The largest absolute Gasteiger partial charge is 0.469 e. The molecule has 33 unspecified atom stereocenters. The van der Waals surface area contributed by atoms with E-state index in [9.17, 15) is 28.8 Å². The second kappa shape index (κ2) is 39.1. The Kier molecular flexibility index (Phi) is 30.1. The Morgan fingerprint density at radius 1 is 0.364 bits per heavy atom. The van der Waals surface area contributed by atoms with Crippen LogP contribution in [0.5, 0.6) is 0 Å². The normalized spacial score (nSPS) is 42.1. The van der Waals surface area contributed by atoms with Gasteiger partial charge in [0.1, 0.15) is 28.5 Å². The van der Waals surface area contributed by atoms with Crippen molar-refractivity contribution in [3.8, 4) is 0 Å². The predicted molar refractivity (Wildman–Crippen MR) is 440 cm³/mol. The van der Waals surface area contributed by atoms with Crippen LogP contribution in [0.3, 0.4) is 0 Å². The van der Waals surface area contributed by atoms with Crippen LogP contribution < -0.4 is 0 Å². The van der Waals surface area contributed by atoms with E-state index in [-0.39, 0.29) is 192 Å². The first-order valence-electron chi connectivity index (χ1n) is 48.7. The molecule has 4 saturated carbocycles. The van der Waals surface area contributed by atoms with Crippen molar-refractivity contribution < 1.29 is 105 Å². The molecular formula is C96H154O22. The lowest BCUT2D eigenvalue weighted by Gasteiger charge is -2.38. The molecule has 22 nitrogen and oxygen atoms in total. The first-order chi connectivity index (χ1) is 57.0. The number of methoxy groups -OCH3 is 1. The first-order valence-corrected chi connectivity index (χ1v) is 48.7. The van der Waals surface area contributed by atoms with Crippen LogP contribution in [0.25, 0.3) is 0 Å². The van der Waals surface area contributed by atoms with E-state index in [0.29, 0.717) is 60.2 Å². The van der Waals surface area contributed by atoms with Gasteiger partial charge in [-0.05, 0) is 218 Å². The van der Waals surface area contributed by atoms with Gasteiger partial charge < -0.3 is 75.8 Å². The molecule has 13 saturated heterocycles. The van der Waals surface area contributed by atoms with E-state index in [4.69, 9.17) is 75.8 Å². The van der Waals surface area contributed by atoms with E-state index >= 15 is 0 Å². The zero-order valence-corrected chi connectivity index (χ0v) is 74.9. The minimum absolute atomic E-state index is 0.00901. The zero-order valence-electron chi connectivity index (χ0n) is 74.9. The SMILES string of the molecule is CCC1OC(CC)C2C3OC(C(C(=O)OC)C3C(=O)OC3(CC)CCCC3)C12.CCC1OC(CC)C2C3OC(CC3C(C)C(=O)OC3(CC)CCCCC3)C12.CCC1OC(CC)C2C3OC(CC3C(CC(=O)OC3(CC)CCCC3)OC(C)=O)C12.CCC1OC(CC)C2C3OC(CC3C(CC(=O)OC3(CC)CCCC3)OC3CCCCO3)C12. The molecule has 0 aromatic rings. The predicted octanol–water partition coefficient (Wildman–Crippen LogP) is 17.5. The maximum atomic E-state index is 13.4. The summed E-state index contributed by atoms with van der Waals surface area (Å²) in [4.78, 5) is 77.1. The van der Waals surface area contributed by atoms with Crippen LogP contribution in [0, 0.1) is 82.9 Å². The van der Waals surface area contributed by atoms with Gasteiger partial charge in [0.15, 0.2) is 6.29 Å². The summed E-state index contributed by atoms with van der Waals surface area (Å²) in [5.41, 5.74) is -1.17. The van der Waals surface area contributed by atoms with Gasteiger partial charge in [0.25, 0.3) is 0 Å². The Morgan fingerprint density at radius 2 is 0.703 bits per heavy atom. The molecule has 0 amide bonds. The lowest BCUT2D eigenvalue weighted by molar-refractivity contribution is -0.209. The molecule has 118 heavy (non-hydrogen) atoms. The Labute approximate surface area is 706 Å². The van der Waals surface area contributed by atoms with E-state index in [0.717, 1.165) is 212 Å². The Balaban J connectivity index is 0.000000130.